The van der Waals surface area contributed by atoms with Crippen molar-refractivity contribution >= 4 is 17.2 Å². The average Bonchev–Trinajstić information content (AvgIpc) is 3.09. The molecule has 6 heteroatoms. The van der Waals surface area contributed by atoms with E-state index in [0.717, 1.165) is 36.5 Å². The highest BCUT2D eigenvalue weighted by Gasteiger charge is 2.31. The van der Waals surface area contributed by atoms with E-state index in [-0.39, 0.29) is 11.9 Å². The Morgan fingerprint density at radius 2 is 2.42 bits per heavy atom. The molecule has 19 heavy (non-hydrogen) atoms. The molecule has 3 rings (SSSR count). The number of H-pyrrole nitrogens is 1. The highest BCUT2D eigenvalue weighted by molar-refractivity contribution is 7.09. The lowest BCUT2D eigenvalue weighted by molar-refractivity contribution is 0.0610. The van der Waals surface area contributed by atoms with Crippen molar-refractivity contribution in [2.45, 2.75) is 32.2 Å². The third kappa shape index (κ3) is 2.28. The molecule has 1 atom stereocenters. The standard InChI is InChI=1S/C13H16N4OS/c1-9-10(8-15-16-9)13(18)17-6-3-2-4-11(17)12-14-5-7-19-12/h5,7-8,11H,2-4,6H2,1H3,(H,15,16)/t11-/m0/s1. The topological polar surface area (TPSA) is 61.9 Å². The second kappa shape index (κ2) is 5.13. The first-order chi connectivity index (χ1) is 9.27. The summed E-state index contributed by atoms with van der Waals surface area (Å²) in [6.07, 6.45) is 6.63. The van der Waals surface area contributed by atoms with Gasteiger partial charge in [0.2, 0.25) is 0 Å². The van der Waals surface area contributed by atoms with Crippen LogP contribution in [0.4, 0.5) is 0 Å². The Balaban J connectivity index is 1.89. The van der Waals surface area contributed by atoms with Gasteiger partial charge in [0, 0.05) is 23.8 Å². The first-order valence-electron chi connectivity index (χ1n) is 6.47. The van der Waals surface area contributed by atoms with E-state index >= 15 is 0 Å². The first-order valence-corrected chi connectivity index (χ1v) is 7.35. The van der Waals surface area contributed by atoms with Crippen molar-refractivity contribution in [2.24, 2.45) is 0 Å². The van der Waals surface area contributed by atoms with E-state index in [1.807, 2.05) is 17.2 Å². The number of carbonyl (C=O) groups is 1. The zero-order chi connectivity index (χ0) is 13.2. The molecule has 2 aromatic rings. The minimum atomic E-state index is 0.0613. The number of hydrogen-bond donors (Lipinski definition) is 1. The Morgan fingerprint density at radius 3 is 3.11 bits per heavy atom. The van der Waals surface area contributed by atoms with Gasteiger partial charge in [0.25, 0.3) is 5.91 Å². The third-order valence-corrected chi connectivity index (χ3v) is 4.44. The summed E-state index contributed by atoms with van der Waals surface area (Å²) in [5.41, 5.74) is 1.50. The second-order valence-corrected chi connectivity index (χ2v) is 5.72. The molecule has 3 heterocycles. The smallest absolute Gasteiger partial charge is 0.257 e. The molecular formula is C13H16N4OS. The van der Waals surface area contributed by atoms with Gasteiger partial charge in [-0.25, -0.2) is 4.98 Å². The number of nitrogens with one attached hydrogen (secondary N) is 1. The van der Waals surface area contributed by atoms with Crippen molar-refractivity contribution in [1.82, 2.24) is 20.1 Å². The average molecular weight is 276 g/mol. The van der Waals surface area contributed by atoms with Crippen molar-refractivity contribution in [3.8, 4) is 0 Å². The zero-order valence-electron chi connectivity index (χ0n) is 10.8. The number of hydrogen-bond acceptors (Lipinski definition) is 4. The highest BCUT2D eigenvalue weighted by atomic mass is 32.1. The number of carbonyl (C=O) groups excluding carboxylic acids is 1. The number of thiazole rings is 1. The van der Waals surface area contributed by atoms with E-state index in [9.17, 15) is 4.79 Å². The fraction of sp³-hybridized carbons (Fsp3) is 0.462. The number of nitrogens with zero attached hydrogens (tertiary/aromatic N) is 3. The van der Waals surface area contributed by atoms with Crippen LogP contribution in [0.3, 0.4) is 0 Å². The maximum absolute atomic E-state index is 12.6. The Bertz CT molecular complexity index is 563. The van der Waals surface area contributed by atoms with Crippen molar-refractivity contribution in [3.05, 3.63) is 34.0 Å². The molecule has 0 aromatic carbocycles. The molecular weight excluding hydrogens is 260 g/mol. The number of aromatic nitrogens is 3. The molecule has 1 saturated heterocycles. The lowest BCUT2D eigenvalue weighted by Gasteiger charge is -2.34. The molecule has 1 aliphatic rings. The molecule has 0 saturated carbocycles. The van der Waals surface area contributed by atoms with E-state index in [1.165, 1.54) is 0 Å². The molecule has 0 bridgehead atoms. The van der Waals surface area contributed by atoms with E-state index < -0.39 is 0 Å². The van der Waals surface area contributed by atoms with Gasteiger partial charge in [0.05, 0.1) is 17.8 Å². The SMILES string of the molecule is Cc1[nH]ncc1C(=O)N1CCCC[C@H]1c1nccs1. The Hall–Kier alpha value is -1.69. The van der Waals surface area contributed by atoms with Crippen LogP contribution in [-0.4, -0.2) is 32.5 Å². The van der Waals surface area contributed by atoms with Gasteiger partial charge in [-0.3, -0.25) is 9.89 Å². The van der Waals surface area contributed by atoms with E-state index in [4.69, 9.17) is 0 Å². The maximum Gasteiger partial charge on any atom is 0.257 e. The number of amides is 1. The molecule has 1 aliphatic heterocycles. The summed E-state index contributed by atoms with van der Waals surface area (Å²) in [7, 11) is 0. The summed E-state index contributed by atoms with van der Waals surface area (Å²) in [5.74, 6) is 0.0613. The first kappa shape index (κ1) is 12.3. The van der Waals surface area contributed by atoms with Crippen LogP contribution in [0.1, 0.15) is 46.4 Å². The number of likely N-dealkylation sites (tertiary alicyclic amines) is 1. The van der Waals surface area contributed by atoms with Crippen LogP contribution in [0.2, 0.25) is 0 Å². The van der Waals surface area contributed by atoms with Crippen LogP contribution in [0, 0.1) is 6.92 Å². The predicted molar refractivity (Wildman–Crippen MR) is 73.1 cm³/mol. The van der Waals surface area contributed by atoms with Crippen molar-refractivity contribution in [1.29, 1.82) is 0 Å². The molecule has 100 valence electrons. The van der Waals surface area contributed by atoms with Gasteiger partial charge in [0.15, 0.2) is 0 Å². The summed E-state index contributed by atoms with van der Waals surface area (Å²) in [6, 6.07) is 0.121. The van der Waals surface area contributed by atoms with Crippen LogP contribution in [0.15, 0.2) is 17.8 Å². The lowest BCUT2D eigenvalue weighted by atomic mass is 10.0. The van der Waals surface area contributed by atoms with Gasteiger partial charge in [0.1, 0.15) is 5.01 Å². The van der Waals surface area contributed by atoms with Crippen LogP contribution in [0.5, 0.6) is 0 Å². The van der Waals surface area contributed by atoms with Crippen LogP contribution in [-0.2, 0) is 0 Å². The van der Waals surface area contributed by atoms with Crippen LogP contribution >= 0.6 is 11.3 Å². The second-order valence-electron chi connectivity index (χ2n) is 4.79. The quantitative estimate of drug-likeness (QED) is 0.917. The molecule has 0 spiro atoms. The van der Waals surface area contributed by atoms with Crippen LogP contribution < -0.4 is 0 Å². The van der Waals surface area contributed by atoms with Crippen LogP contribution in [0.25, 0.3) is 0 Å². The monoisotopic (exact) mass is 276 g/mol. The van der Waals surface area contributed by atoms with Gasteiger partial charge in [-0.15, -0.1) is 11.3 Å². The molecule has 2 aromatic heterocycles. The zero-order valence-corrected chi connectivity index (χ0v) is 11.6. The summed E-state index contributed by atoms with van der Waals surface area (Å²) >= 11 is 1.62. The fourth-order valence-corrected chi connectivity index (χ4v) is 3.34. The lowest BCUT2D eigenvalue weighted by Crippen LogP contribution is -2.38. The summed E-state index contributed by atoms with van der Waals surface area (Å²) in [5, 5.41) is 9.77. The Labute approximate surface area is 115 Å². The van der Waals surface area contributed by atoms with E-state index in [2.05, 4.69) is 15.2 Å². The Morgan fingerprint density at radius 1 is 1.53 bits per heavy atom. The van der Waals surface area contributed by atoms with Gasteiger partial charge in [-0.1, -0.05) is 0 Å². The molecule has 1 amide bonds. The van der Waals surface area contributed by atoms with Crippen molar-refractivity contribution < 1.29 is 4.79 Å². The molecule has 1 fully saturated rings. The number of aryl methyl sites for hydroxylation is 1. The Kier molecular flexibility index (Phi) is 3.33. The normalized spacial score (nSPS) is 19.6. The van der Waals surface area contributed by atoms with Gasteiger partial charge in [-0.05, 0) is 26.2 Å². The summed E-state index contributed by atoms with van der Waals surface area (Å²) in [6.45, 7) is 2.68. The maximum atomic E-state index is 12.6. The van der Waals surface area contributed by atoms with Gasteiger partial charge >= 0.3 is 0 Å². The summed E-state index contributed by atoms with van der Waals surface area (Å²) < 4.78 is 0. The minimum absolute atomic E-state index is 0.0613. The number of piperidine rings is 1. The molecule has 0 radical (unpaired) electrons. The predicted octanol–water partition coefficient (Wildman–Crippen LogP) is 2.54. The molecule has 1 N–H and O–H groups in total. The highest BCUT2D eigenvalue weighted by Crippen LogP contribution is 2.33. The van der Waals surface area contributed by atoms with E-state index in [1.54, 1.807) is 23.7 Å². The van der Waals surface area contributed by atoms with Gasteiger partial charge < -0.3 is 4.90 Å². The minimum Gasteiger partial charge on any atom is -0.329 e. The van der Waals surface area contributed by atoms with Gasteiger partial charge in [-0.2, -0.15) is 5.10 Å². The largest absolute Gasteiger partial charge is 0.329 e. The van der Waals surface area contributed by atoms with E-state index in [0.29, 0.717) is 5.56 Å². The molecule has 0 unspecified atom stereocenters. The van der Waals surface area contributed by atoms with Crippen molar-refractivity contribution in [3.63, 3.8) is 0 Å². The third-order valence-electron chi connectivity index (χ3n) is 3.56. The molecule has 0 aliphatic carbocycles. The molecule has 5 nitrogen and oxygen atoms in total. The summed E-state index contributed by atoms with van der Waals surface area (Å²) in [4.78, 5) is 19.0. The number of aromatic amines is 1. The fourth-order valence-electron chi connectivity index (χ4n) is 2.55. The number of rotatable bonds is 2. The van der Waals surface area contributed by atoms with Crippen molar-refractivity contribution in [2.75, 3.05) is 6.54 Å².